The molecule has 1 saturated heterocycles. The topological polar surface area (TPSA) is 23.4 Å². The molecule has 0 spiro atoms. The van der Waals surface area contributed by atoms with Crippen LogP contribution in [0, 0.1) is 6.92 Å². The molecule has 1 fully saturated rings. The molecule has 0 atom stereocenters. The van der Waals surface area contributed by atoms with Crippen LogP contribution in [0.2, 0.25) is 18.1 Å². The highest BCUT2D eigenvalue weighted by molar-refractivity contribution is 6.80. The number of hydrogen-bond donors (Lipinski definition) is 0. The molecule has 0 bridgehead atoms. The molecule has 1 aliphatic heterocycles. The summed E-state index contributed by atoms with van der Waals surface area (Å²) in [5, 5.41) is 1.50. The Kier molecular flexibility index (Phi) is 4.34. The van der Waals surface area contributed by atoms with Gasteiger partial charge in [-0.15, -0.1) is 0 Å². The van der Waals surface area contributed by atoms with Crippen LogP contribution in [0.1, 0.15) is 54.0 Å². The third-order valence-electron chi connectivity index (χ3n) is 6.94. The predicted octanol–water partition coefficient (Wildman–Crippen LogP) is 5.10. The molecule has 2 heterocycles. The van der Waals surface area contributed by atoms with Gasteiger partial charge in [0.25, 0.3) is 0 Å². The van der Waals surface area contributed by atoms with E-state index in [1.807, 2.05) is 0 Å². The highest BCUT2D eigenvalue weighted by Crippen LogP contribution is 2.40. The fourth-order valence-electron chi connectivity index (χ4n) is 3.35. The average Bonchev–Trinajstić information content (AvgIpc) is 2.92. The summed E-state index contributed by atoms with van der Waals surface area (Å²) in [5.41, 5.74) is 3.07. The van der Waals surface area contributed by atoms with Crippen molar-refractivity contribution >= 4 is 31.7 Å². The van der Waals surface area contributed by atoms with E-state index in [9.17, 15) is 0 Å². The molecule has 1 aromatic heterocycles. The molecule has 0 N–H and O–H groups in total. The van der Waals surface area contributed by atoms with Crippen molar-refractivity contribution in [2.24, 2.45) is 0 Å². The lowest BCUT2D eigenvalue weighted by Gasteiger charge is -2.38. The molecule has 3 nitrogen and oxygen atoms in total. The highest BCUT2D eigenvalue weighted by Gasteiger charge is 2.52. The van der Waals surface area contributed by atoms with Crippen molar-refractivity contribution in [3.63, 3.8) is 0 Å². The van der Waals surface area contributed by atoms with Crippen LogP contribution in [-0.4, -0.2) is 30.8 Å². The zero-order valence-electron chi connectivity index (χ0n) is 18.2. The molecule has 1 aromatic carbocycles. The fraction of sp³-hybridized carbons (Fsp3) is 0.619. The maximum Gasteiger partial charge on any atom is 0.497 e. The minimum atomic E-state index is -1.76. The molecule has 5 heteroatoms. The van der Waals surface area contributed by atoms with Crippen LogP contribution in [0.25, 0.3) is 10.9 Å². The van der Waals surface area contributed by atoms with E-state index >= 15 is 0 Å². The molecule has 2 aromatic rings. The van der Waals surface area contributed by atoms with Crippen molar-refractivity contribution in [1.82, 2.24) is 4.23 Å². The van der Waals surface area contributed by atoms with Crippen molar-refractivity contribution in [2.45, 2.75) is 84.7 Å². The van der Waals surface area contributed by atoms with Gasteiger partial charge in [-0.2, -0.15) is 0 Å². The molecular formula is C21H34BNO2Si. The SMILES string of the molecule is Cc1ccc2c(c1)c(B1OC(C)(C)C(C)(C)O1)cn2[Si](C)(C)C(C)(C)C. The third-order valence-corrected chi connectivity index (χ3v) is 12.2. The predicted molar refractivity (Wildman–Crippen MR) is 115 cm³/mol. The first-order valence-corrected chi connectivity index (χ1v) is 12.6. The zero-order valence-corrected chi connectivity index (χ0v) is 19.2. The van der Waals surface area contributed by atoms with E-state index in [2.05, 4.69) is 97.1 Å². The van der Waals surface area contributed by atoms with E-state index in [4.69, 9.17) is 9.31 Å². The normalized spacial score (nSPS) is 20.2. The molecule has 0 radical (unpaired) electrons. The summed E-state index contributed by atoms with van der Waals surface area (Å²) in [6, 6.07) is 6.75. The summed E-state index contributed by atoms with van der Waals surface area (Å²) in [4.78, 5) is 0. The summed E-state index contributed by atoms with van der Waals surface area (Å²) < 4.78 is 15.3. The second-order valence-corrected chi connectivity index (χ2v) is 15.5. The Morgan fingerprint density at radius 2 is 1.54 bits per heavy atom. The van der Waals surface area contributed by atoms with Gasteiger partial charge in [-0.05, 0) is 57.3 Å². The quantitative estimate of drug-likeness (QED) is 0.686. The Morgan fingerprint density at radius 3 is 2.04 bits per heavy atom. The molecule has 142 valence electrons. The second kappa shape index (κ2) is 5.73. The van der Waals surface area contributed by atoms with Crippen molar-refractivity contribution in [1.29, 1.82) is 0 Å². The smallest absolute Gasteiger partial charge is 0.399 e. The van der Waals surface area contributed by atoms with Crippen molar-refractivity contribution in [3.05, 3.63) is 30.0 Å². The minimum Gasteiger partial charge on any atom is -0.399 e. The molecule has 3 rings (SSSR count). The molecule has 0 unspecified atom stereocenters. The first-order chi connectivity index (χ1) is 11.7. The second-order valence-electron chi connectivity index (χ2n) is 10.4. The van der Waals surface area contributed by atoms with Crippen LogP contribution in [0.5, 0.6) is 0 Å². The van der Waals surface area contributed by atoms with E-state index in [1.165, 1.54) is 16.5 Å². The van der Waals surface area contributed by atoms with E-state index in [-0.39, 0.29) is 23.4 Å². The van der Waals surface area contributed by atoms with Crippen LogP contribution in [0.4, 0.5) is 0 Å². The number of rotatable bonds is 2. The Bertz CT molecular complexity index is 830. The van der Waals surface area contributed by atoms with Gasteiger partial charge >= 0.3 is 7.12 Å². The van der Waals surface area contributed by atoms with Gasteiger partial charge in [0.15, 0.2) is 8.24 Å². The van der Waals surface area contributed by atoms with Crippen LogP contribution < -0.4 is 5.46 Å². The summed E-state index contributed by atoms with van der Waals surface area (Å²) in [6.07, 6.45) is 2.31. The highest BCUT2D eigenvalue weighted by atomic mass is 28.3. The summed E-state index contributed by atoms with van der Waals surface area (Å²) in [7, 11) is -2.08. The number of aryl methyl sites for hydroxylation is 1. The summed E-state index contributed by atoms with van der Waals surface area (Å²) >= 11 is 0. The fourth-order valence-corrected chi connectivity index (χ4v) is 5.33. The van der Waals surface area contributed by atoms with Crippen molar-refractivity contribution < 1.29 is 9.31 Å². The lowest BCUT2D eigenvalue weighted by Crippen LogP contribution is -2.45. The Balaban J connectivity index is 2.21. The lowest BCUT2D eigenvalue weighted by atomic mass is 9.79. The van der Waals surface area contributed by atoms with Gasteiger partial charge in [-0.1, -0.05) is 51.6 Å². The van der Waals surface area contributed by atoms with Gasteiger partial charge < -0.3 is 13.5 Å². The molecule has 0 aliphatic carbocycles. The maximum atomic E-state index is 6.39. The van der Waals surface area contributed by atoms with Crippen LogP contribution in [0.15, 0.2) is 24.4 Å². The van der Waals surface area contributed by atoms with Crippen LogP contribution in [-0.2, 0) is 9.31 Å². The average molecular weight is 371 g/mol. The third kappa shape index (κ3) is 2.88. The van der Waals surface area contributed by atoms with Crippen LogP contribution >= 0.6 is 0 Å². The van der Waals surface area contributed by atoms with E-state index in [0.29, 0.717) is 0 Å². The van der Waals surface area contributed by atoms with E-state index < -0.39 is 8.24 Å². The largest absolute Gasteiger partial charge is 0.497 e. The van der Waals surface area contributed by atoms with Gasteiger partial charge in [0.2, 0.25) is 0 Å². The monoisotopic (exact) mass is 371 g/mol. The number of fused-ring (bicyclic) bond motifs is 1. The van der Waals surface area contributed by atoms with Gasteiger partial charge in [0, 0.05) is 11.0 Å². The standard InChI is InChI=1S/C21H34BNO2Si/c1-15-11-12-18-16(13-15)17(14-23(18)26(9,10)19(2,3)4)22-24-20(5,6)21(7,8)25-22/h11-14H,1-10H3. The number of aromatic nitrogens is 1. The van der Waals surface area contributed by atoms with Crippen LogP contribution in [0.3, 0.4) is 0 Å². The van der Waals surface area contributed by atoms with E-state index in [1.54, 1.807) is 0 Å². The van der Waals surface area contributed by atoms with Gasteiger partial charge in [-0.3, -0.25) is 0 Å². The number of benzene rings is 1. The van der Waals surface area contributed by atoms with E-state index in [0.717, 1.165) is 5.46 Å². The molecule has 1 aliphatic rings. The summed E-state index contributed by atoms with van der Waals surface area (Å²) in [6.45, 7) is 22.6. The molecular weight excluding hydrogens is 337 g/mol. The summed E-state index contributed by atoms with van der Waals surface area (Å²) in [5.74, 6) is 0. The number of hydrogen-bond acceptors (Lipinski definition) is 2. The van der Waals surface area contributed by atoms with Gasteiger partial charge in [0.05, 0.1) is 11.2 Å². The molecule has 0 amide bonds. The van der Waals surface area contributed by atoms with Gasteiger partial charge in [-0.25, -0.2) is 0 Å². The zero-order chi connectivity index (χ0) is 19.7. The van der Waals surface area contributed by atoms with Crippen molar-refractivity contribution in [3.8, 4) is 0 Å². The molecule has 26 heavy (non-hydrogen) atoms. The first-order valence-electron chi connectivity index (χ1n) is 9.65. The maximum absolute atomic E-state index is 6.39. The van der Waals surface area contributed by atoms with Crippen molar-refractivity contribution in [2.75, 3.05) is 0 Å². The molecule has 0 saturated carbocycles. The van der Waals surface area contributed by atoms with Gasteiger partial charge in [0.1, 0.15) is 0 Å². The first kappa shape index (κ1) is 19.7. The Hall–Kier alpha value is -1.04. The Morgan fingerprint density at radius 1 is 1.00 bits per heavy atom. The lowest BCUT2D eigenvalue weighted by molar-refractivity contribution is 0.00578. The Labute approximate surface area is 160 Å². The minimum absolute atomic E-state index is 0.247. The number of nitrogens with zero attached hydrogens (tertiary/aromatic N) is 1.